The first-order valence-electron chi connectivity index (χ1n) is 7.55. The van der Waals surface area contributed by atoms with Crippen LogP contribution in [0.25, 0.3) is 0 Å². The molecule has 0 saturated heterocycles. The minimum absolute atomic E-state index is 0.0175. The third kappa shape index (κ3) is 3.79. The van der Waals surface area contributed by atoms with E-state index in [0.29, 0.717) is 13.0 Å². The summed E-state index contributed by atoms with van der Waals surface area (Å²) in [6.45, 7) is 2.62. The van der Waals surface area contributed by atoms with Crippen molar-refractivity contribution in [2.45, 2.75) is 51.5 Å². The number of carbonyl (C=O) groups is 1. The highest BCUT2D eigenvalue weighted by molar-refractivity contribution is 5.77. The van der Waals surface area contributed by atoms with E-state index < -0.39 is 0 Å². The van der Waals surface area contributed by atoms with Gasteiger partial charge in [0.05, 0.1) is 6.04 Å². The molecule has 0 aromatic carbocycles. The van der Waals surface area contributed by atoms with Crippen LogP contribution >= 0.6 is 0 Å². The standard InChI is InChI=1S/C16H25N3O/c1-13(14-5-9-18-10-6-14)19-15(20)11-16(12-17)7-3-2-4-8-16/h5-6,9-10,13H,2-4,7-8,11-12,17H2,1H3,(H,19,20). The van der Waals surface area contributed by atoms with Crippen LogP contribution < -0.4 is 11.1 Å². The van der Waals surface area contributed by atoms with Gasteiger partial charge in [0.25, 0.3) is 0 Å². The van der Waals surface area contributed by atoms with Gasteiger partial charge in [-0.05, 0) is 49.4 Å². The number of hydrogen-bond acceptors (Lipinski definition) is 3. The summed E-state index contributed by atoms with van der Waals surface area (Å²) in [5.41, 5.74) is 7.05. The topological polar surface area (TPSA) is 68.0 Å². The van der Waals surface area contributed by atoms with Gasteiger partial charge in [0.2, 0.25) is 5.91 Å². The Bertz CT molecular complexity index is 427. The Morgan fingerprint density at radius 2 is 2.00 bits per heavy atom. The van der Waals surface area contributed by atoms with Crippen molar-refractivity contribution >= 4 is 5.91 Å². The summed E-state index contributed by atoms with van der Waals surface area (Å²) in [5.74, 6) is 0.113. The number of nitrogens with two attached hydrogens (primary N) is 1. The van der Waals surface area contributed by atoms with Crippen molar-refractivity contribution in [3.63, 3.8) is 0 Å². The number of hydrogen-bond donors (Lipinski definition) is 2. The Morgan fingerprint density at radius 3 is 2.60 bits per heavy atom. The molecule has 3 N–H and O–H groups in total. The van der Waals surface area contributed by atoms with E-state index in [0.717, 1.165) is 18.4 Å². The maximum Gasteiger partial charge on any atom is 0.221 e. The molecule has 1 amide bonds. The van der Waals surface area contributed by atoms with Gasteiger partial charge in [0.15, 0.2) is 0 Å². The van der Waals surface area contributed by atoms with E-state index >= 15 is 0 Å². The number of rotatable bonds is 5. The van der Waals surface area contributed by atoms with Gasteiger partial charge in [0.1, 0.15) is 0 Å². The number of amides is 1. The molecule has 20 heavy (non-hydrogen) atoms. The first-order chi connectivity index (χ1) is 9.65. The van der Waals surface area contributed by atoms with E-state index in [1.54, 1.807) is 12.4 Å². The molecule has 0 radical (unpaired) electrons. The van der Waals surface area contributed by atoms with Crippen LogP contribution in [0.5, 0.6) is 0 Å². The van der Waals surface area contributed by atoms with Crippen LogP contribution in [0.15, 0.2) is 24.5 Å². The third-order valence-electron chi connectivity index (χ3n) is 4.47. The molecular formula is C16H25N3O. The highest BCUT2D eigenvalue weighted by atomic mass is 16.1. The number of carbonyl (C=O) groups excluding carboxylic acids is 1. The lowest BCUT2D eigenvalue weighted by atomic mass is 9.71. The fraction of sp³-hybridized carbons (Fsp3) is 0.625. The van der Waals surface area contributed by atoms with Gasteiger partial charge in [-0.3, -0.25) is 9.78 Å². The van der Waals surface area contributed by atoms with E-state index in [4.69, 9.17) is 5.73 Å². The zero-order valence-corrected chi connectivity index (χ0v) is 12.3. The van der Waals surface area contributed by atoms with Crippen LogP contribution in [0.3, 0.4) is 0 Å². The molecule has 0 aliphatic heterocycles. The predicted molar refractivity (Wildman–Crippen MR) is 80.0 cm³/mol. The SMILES string of the molecule is CC(NC(=O)CC1(CN)CCCCC1)c1ccncc1. The van der Waals surface area contributed by atoms with Crippen LogP contribution in [0, 0.1) is 5.41 Å². The van der Waals surface area contributed by atoms with Gasteiger partial charge < -0.3 is 11.1 Å². The van der Waals surface area contributed by atoms with Crippen molar-refractivity contribution in [2.75, 3.05) is 6.54 Å². The Balaban J connectivity index is 1.91. The van der Waals surface area contributed by atoms with Crippen molar-refractivity contribution < 1.29 is 4.79 Å². The molecule has 110 valence electrons. The average molecular weight is 275 g/mol. The molecule has 1 aromatic heterocycles. The summed E-state index contributed by atoms with van der Waals surface area (Å²) in [6.07, 6.45) is 9.90. The summed E-state index contributed by atoms with van der Waals surface area (Å²) in [5, 5.41) is 3.08. The molecule has 1 unspecified atom stereocenters. The van der Waals surface area contributed by atoms with Crippen LogP contribution in [0.4, 0.5) is 0 Å². The predicted octanol–water partition coefficient (Wildman–Crippen LogP) is 2.56. The smallest absolute Gasteiger partial charge is 0.221 e. The van der Waals surface area contributed by atoms with Crippen LogP contribution in [-0.2, 0) is 4.79 Å². The van der Waals surface area contributed by atoms with Gasteiger partial charge >= 0.3 is 0 Å². The molecule has 1 fully saturated rings. The van der Waals surface area contributed by atoms with Crippen LogP contribution in [0.2, 0.25) is 0 Å². The summed E-state index contributed by atoms with van der Waals surface area (Å²) >= 11 is 0. The van der Waals surface area contributed by atoms with Gasteiger partial charge in [0, 0.05) is 18.8 Å². The second-order valence-corrected chi connectivity index (χ2v) is 6.01. The average Bonchev–Trinajstić information content (AvgIpc) is 2.49. The summed E-state index contributed by atoms with van der Waals surface area (Å²) in [7, 11) is 0. The van der Waals surface area contributed by atoms with E-state index in [-0.39, 0.29) is 17.4 Å². The van der Waals surface area contributed by atoms with Gasteiger partial charge in [-0.2, -0.15) is 0 Å². The monoisotopic (exact) mass is 275 g/mol. The van der Waals surface area contributed by atoms with E-state index in [1.807, 2.05) is 19.1 Å². The largest absolute Gasteiger partial charge is 0.350 e. The summed E-state index contributed by atoms with van der Waals surface area (Å²) in [4.78, 5) is 16.3. The second-order valence-electron chi connectivity index (χ2n) is 6.01. The highest BCUT2D eigenvalue weighted by Gasteiger charge is 2.33. The zero-order chi connectivity index (χ0) is 14.4. The van der Waals surface area contributed by atoms with Crippen LogP contribution in [0.1, 0.15) is 57.1 Å². The molecule has 1 saturated carbocycles. The lowest BCUT2D eigenvalue weighted by molar-refractivity contribution is -0.124. The quantitative estimate of drug-likeness (QED) is 0.867. The Labute approximate surface area is 121 Å². The van der Waals surface area contributed by atoms with Crippen molar-refractivity contribution in [1.82, 2.24) is 10.3 Å². The van der Waals surface area contributed by atoms with E-state index in [2.05, 4.69) is 10.3 Å². The number of nitrogens with zero attached hydrogens (tertiary/aromatic N) is 1. The Morgan fingerprint density at radius 1 is 1.35 bits per heavy atom. The minimum Gasteiger partial charge on any atom is -0.350 e. The number of nitrogens with one attached hydrogen (secondary N) is 1. The maximum atomic E-state index is 12.3. The molecular weight excluding hydrogens is 250 g/mol. The summed E-state index contributed by atoms with van der Waals surface area (Å²) < 4.78 is 0. The highest BCUT2D eigenvalue weighted by Crippen LogP contribution is 2.38. The molecule has 1 atom stereocenters. The third-order valence-corrected chi connectivity index (χ3v) is 4.47. The molecule has 1 aliphatic carbocycles. The first kappa shape index (κ1) is 15.0. The Hall–Kier alpha value is -1.42. The van der Waals surface area contributed by atoms with Crippen molar-refractivity contribution in [2.24, 2.45) is 11.1 Å². The molecule has 4 heteroatoms. The molecule has 2 rings (SSSR count). The normalized spacial score (nSPS) is 19.3. The fourth-order valence-electron chi connectivity index (χ4n) is 3.12. The molecule has 1 aliphatic rings. The molecule has 1 heterocycles. The number of aromatic nitrogens is 1. The lowest BCUT2D eigenvalue weighted by Crippen LogP contribution is -2.39. The van der Waals surface area contributed by atoms with Gasteiger partial charge in [-0.25, -0.2) is 0 Å². The second kappa shape index (κ2) is 6.84. The molecule has 1 aromatic rings. The molecule has 0 spiro atoms. The van der Waals surface area contributed by atoms with Crippen molar-refractivity contribution in [1.29, 1.82) is 0 Å². The maximum absolute atomic E-state index is 12.3. The minimum atomic E-state index is 0.0175. The zero-order valence-electron chi connectivity index (χ0n) is 12.3. The first-order valence-corrected chi connectivity index (χ1v) is 7.55. The van der Waals surface area contributed by atoms with E-state index in [1.165, 1.54) is 19.3 Å². The van der Waals surface area contributed by atoms with Crippen molar-refractivity contribution in [3.05, 3.63) is 30.1 Å². The number of pyridine rings is 1. The lowest BCUT2D eigenvalue weighted by Gasteiger charge is -2.36. The van der Waals surface area contributed by atoms with Crippen LogP contribution in [-0.4, -0.2) is 17.4 Å². The molecule has 0 bridgehead atoms. The summed E-state index contributed by atoms with van der Waals surface area (Å²) in [6, 6.07) is 3.89. The molecule has 4 nitrogen and oxygen atoms in total. The Kier molecular flexibility index (Phi) is 5.12. The fourth-order valence-corrected chi connectivity index (χ4v) is 3.12. The van der Waals surface area contributed by atoms with Gasteiger partial charge in [-0.1, -0.05) is 19.3 Å². The van der Waals surface area contributed by atoms with Crippen molar-refractivity contribution in [3.8, 4) is 0 Å². The van der Waals surface area contributed by atoms with E-state index in [9.17, 15) is 4.79 Å². The van der Waals surface area contributed by atoms with Gasteiger partial charge in [-0.15, -0.1) is 0 Å².